The van der Waals surface area contributed by atoms with E-state index < -0.39 is 5.97 Å². The van der Waals surface area contributed by atoms with Gasteiger partial charge >= 0.3 is 5.97 Å². The summed E-state index contributed by atoms with van der Waals surface area (Å²) in [5.41, 5.74) is 3.04. The van der Waals surface area contributed by atoms with Gasteiger partial charge in [0.05, 0.1) is 7.11 Å². The minimum Gasteiger partial charge on any atom is -0.493 e. The number of nitrogens with one attached hydrogen (secondary N) is 1. The van der Waals surface area contributed by atoms with Crippen LogP contribution in [-0.2, 0) is 27.2 Å². The minimum absolute atomic E-state index is 0.0394. The standard InChI is InChI=1S/C23H23NO6/c1-3-4-15-5-9-20(21(11-15)28-2)29-14-23(27)30-13-19(25)17-6-8-18-16(12-17)7-10-22(26)24-18/h3,5-6,8-9,11-12H,1,4,7,10,13-14H2,2H3,(H,24,26). The molecule has 0 radical (unpaired) electrons. The number of carbonyl (C=O) groups excluding carboxylic acids is 3. The molecule has 1 aliphatic heterocycles. The van der Waals surface area contributed by atoms with Gasteiger partial charge in [0.2, 0.25) is 5.91 Å². The number of rotatable bonds is 9. The Hall–Kier alpha value is -3.61. The Bertz CT molecular complexity index is 982. The number of allylic oxidation sites excluding steroid dienone is 1. The van der Waals surface area contributed by atoms with Crippen molar-refractivity contribution in [1.82, 2.24) is 0 Å². The molecule has 2 aromatic rings. The number of fused-ring (bicyclic) bond motifs is 1. The second-order valence-corrected chi connectivity index (χ2v) is 6.77. The predicted octanol–water partition coefficient (Wildman–Crippen LogP) is 3.11. The number of hydrogen-bond acceptors (Lipinski definition) is 6. The van der Waals surface area contributed by atoms with E-state index in [1.54, 1.807) is 30.3 Å². The molecule has 0 saturated carbocycles. The van der Waals surface area contributed by atoms with Gasteiger partial charge in [-0.05, 0) is 54.3 Å². The lowest BCUT2D eigenvalue weighted by molar-refractivity contribution is -0.144. The van der Waals surface area contributed by atoms with Gasteiger partial charge in [0, 0.05) is 17.7 Å². The number of methoxy groups -OCH3 is 1. The fourth-order valence-electron chi connectivity index (χ4n) is 3.09. The Morgan fingerprint density at radius 2 is 1.93 bits per heavy atom. The number of esters is 1. The number of ether oxygens (including phenoxy) is 3. The number of carbonyl (C=O) groups is 3. The molecule has 0 unspecified atom stereocenters. The van der Waals surface area contributed by atoms with Crippen molar-refractivity contribution in [3.05, 3.63) is 65.7 Å². The van der Waals surface area contributed by atoms with Gasteiger partial charge in [-0.1, -0.05) is 12.1 Å². The highest BCUT2D eigenvalue weighted by Crippen LogP contribution is 2.28. The van der Waals surface area contributed by atoms with Crippen LogP contribution in [0.4, 0.5) is 5.69 Å². The number of anilines is 1. The second kappa shape index (κ2) is 9.73. The van der Waals surface area contributed by atoms with Gasteiger partial charge in [0.1, 0.15) is 0 Å². The molecule has 30 heavy (non-hydrogen) atoms. The normalized spacial score (nSPS) is 12.4. The first-order chi connectivity index (χ1) is 14.5. The summed E-state index contributed by atoms with van der Waals surface area (Å²) in [5.74, 6) is -0.118. The van der Waals surface area contributed by atoms with Crippen molar-refractivity contribution in [3.63, 3.8) is 0 Å². The van der Waals surface area contributed by atoms with Gasteiger partial charge in [-0.2, -0.15) is 0 Å². The van der Waals surface area contributed by atoms with Crippen LogP contribution in [0.3, 0.4) is 0 Å². The van der Waals surface area contributed by atoms with Crippen molar-refractivity contribution in [1.29, 1.82) is 0 Å². The van der Waals surface area contributed by atoms with Gasteiger partial charge in [-0.3, -0.25) is 9.59 Å². The van der Waals surface area contributed by atoms with Crippen molar-refractivity contribution in [2.24, 2.45) is 0 Å². The number of hydrogen-bond donors (Lipinski definition) is 1. The molecule has 0 spiro atoms. The predicted molar refractivity (Wildman–Crippen MR) is 111 cm³/mol. The third-order valence-corrected chi connectivity index (χ3v) is 4.64. The van der Waals surface area contributed by atoms with Crippen LogP contribution in [0, 0.1) is 0 Å². The van der Waals surface area contributed by atoms with E-state index in [1.807, 2.05) is 12.1 Å². The molecule has 0 saturated heterocycles. The molecule has 3 rings (SSSR count). The van der Waals surface area contributed by atoms with E-state index in [0.29, 0.717) is 42.0 Å². The van der Waals surface area contributed by atoms with E-state index in [-0.39, 0.29) is 24.9 Å². The summed E-state index contributed by atoms with van der Waals surface area (Å²) in [7, 11) is 1.51. The summed E-state index contributed by atoms with van der Waals surface area (Å²) in [6, 6.07) is 10.4. The highest BCUT2D eigenvalue weighted by Gasteiger charge is 2.18. The molecule has 7 heteroatoms. The van der Waals surface area contributed by atoms with Crippen molar-refractivity contribution < 1.29 is 28.6 Å². The van der Waals surface area contributed by atoms with Crippen LogP contribution in [0.25, 0.3) is 0 Å². The van der Waals surface area contributed by atoms with Gasteiger partial charge in [-0.25, -0.2) is 4.79 Å². The molecular formula is C23H23NO6. The summed E-state index contributed by atoms with van der Waals surface area (Å²) in [5, 5.41) is 2.76. The average Bonchev–Trinajstić information content (AvgIpc) is 2.76. The number of Topliss-reactive ketones (excluding diaryl/α,β-unsaturated/α-hetero) is 1. The number of benzene rings is 2. The van der Waals surface area contributed by atoms with Crippen LogP contribution in [-0.4, -0.2) is 38.0 Å². The zero-order valence-electron chi connectivity index (χ0n) is 16.7. The lowest BCUT2D eigenvalue weighted by Gasteiger charge is -2.17. The average molecular weight is 409 g/mol. The van der Waals surface area contributed by atoms with E-state index in [9.17, 15) is 14.4 Å². The molecule has 7 nitrogen and oxygen atoms in total. The van der Waals surface area contributed by atoms with Crippen LogP contribution in [0.5, 0.6) is 11.5 Å². The Balaban J connectivity index is 1.52. The first-order valence-corrected chi connectivity index (χ1v) is 9.52. The third kappa shape index (κ3) is 5.26. The van der Waals surface area contributed by atoms with Crippen molar-refractivity contribution in [3.8, 4) is 11.5 Å². The number of ketones is 1. The van der Waals surface area contributed by atoms with Crippen LogP contribution < -0.4 is 14.8 Å². The lowest BCUT2D eigenvalue weighted by atomic mass is 9.99. The van der Waals surface area contributed by atoms with E-state index in [1.165, 1.54) is 7.11 Å². The van der Waals surface area contributed by atoms with E-state index in [4.69, 9.17) is 14.2 Å². The molecule has 0 atom stereocenters. The molecule has 1 aliphatic rings. The summed E-state index contributed by atoms with van der Waals surface area (Å²) in [4.78, 5) is 35.7. The fourth-order valence-corrected chi connectivity index (χ4v) is 3.09. The van der Waals surface area contributed by atoms with Crippen LogP contribution in [0.15, 0.2) is 49.1 Å². The molecule has 156 valence electrons. The molecule has 1 amide bonds. The largest absolute Gasteiger partial charge is 0.493 e. The Morgan fingerprint density at radius 1 is 1.10 bits per heavy atom. The van der Waals surface area contributed by atoms with E-state index >= 15 is 0 Å². The summed E-state index contributed by atoms with van der Waals surface area (Å²) in [6.07, 6.45) is 3.43. The SMILES string of the molecule is C=CCc1ccc(OCC(=O)OCC(=O)c2ccc3c(c2)CCC(=O)N3)c(OC)c1. The topological polar surface area (TPSA) is 90.9 Å². The molecule has 1 N–H and O–H groups in total. The molecule has 2 aromatic carbocycles. The quantitative estimate of drug-likeness (QED) is 0.389. The number of aryl methyl sites for hydroxylation is 1. The maximum Gasteiger partial charge on any atom is 0.344 e. The van der Waals surface area contributed by atoms with E-state index in [2.05, 4.69) is 11.9 Å². The van der Waals surface area contributed by atoms with Crippen LogP contribution in [0.2, 0.25) is 0 Å². The maximum atomic E-state index is 12.3. The highest BCUT2D eigenvalue weighted by molar-refractivity contribution is 6.00. The Labute approximate surface area is 174 Å². The molecule has 0 bridgehead atoms. The molecular weight excluding hydrogens is 386 g/mol. The molecule has 1 heterocycles. The second-order valence-electron chi connectivity index (χ2n) is 6.77. The Kier molecular flexibility index (Phi) is 6.85. The van der Waals surface area contributed by atoms with Crippen LogP contribution in [0.1, 0.15) is 27.9 Å². The zero-order valence-corrected chi connectivity index (χ0v) is 16.7. The summed E-state index contributed by atoms with van der Waals surface area (Å²) < 4.78 is 15.8. The number of amides is 1. The summed E-state index contributed by atoms with van der Waals surface area (Å²) >= 11 is 0. The highest BCUT2D eigenvalue weighted by atomic mass is 16.6. The van der Waals surface area contributed by atoms with Gasteiger partial charge < -0.3 is 19.5 Å². The monoisotopic (exact) mass is 409 g/mol. The maximum absolute atomic E-state index is 12.3. The molecule has 0 aromatic heterocycles. The van der Waals surface area contributed by atoms with Gasteiger partial charge in [0.15, 0.2) is 30.5 Å². The smallest absolute Gasteiger partial charge is 0.344 e. The fraction of sp³-hybridized carbons (Fsp3) is 0.261. The zero-order chi connectivity index (χ0) is 21.5. The first kappa shape index (κ1) is 21.1. The first-order valence-electron chi connectivity index (χ1n) is 9.52. The van der Waals surface area contributed by atoms with Crippen molar-refractivity contribution in [2.45, 2.75) is 19.3 Å². The van der Waals surface area contributed by atoms with E-state index in [0.717, 1.165) is 11.1 Å². The molecule has 0 fully saturated rings. The van der Waals surface area contributed by atoms with Crippen molar-refractivity contribution in [2.75, 3.05) is 25.6 Å². The summed E-state index contributed by atoms with van der Waals surface area (Å²) in [6.45, 7) is 2.96. The third-order valence-electron chi connectivity index (χ3n) is 4.64. The minimum atomic E-state index is -0.661. The molecule has 0 aliphatic carbocycles. The van der Waals surface area contributed by atoms with Crippen LogP contribution >= 0.6 is 0 Å². The van der Waals surface area contributed by atoms with Gasteiger partial charge in [0.25, 0.3) is 0 Å². The van der Waals surface area contributed by atoms with Crippen molar-refractivity contribution >= 4 is 23.3 Å². The lowest BCUT2D eigenvalue weighted by Crippen LogP contribution is -2.21. The van der Waals surface area contributed by atoms with Gasteiger partial charge in [-0.15, -0.1) is 6.58 Å². The Morgan fingerprint density at radius 3 is 2.70 bits per heavy atom.